The van der Waals surface area contributed by atoms with Gasteiger partial charge in [0.25, 0.3) is 5.62 Å². The van der Waals surface area contributed by atoms with Gasteiger partial charge in [-0.3, -0.25) is 9.88 Å². The van der Waals surface area contributed by atoms with Crippen molar-refractivity contribution < 1.29 is 9.84 Å². The Morgan fingerprint density at radius 3 is 2.86 bits per heavy atom. The fourth-order valence-corrected chi connectivity index (χ4v) is 4.03. The molecule has 0 radical (unpaired) electrons. The fraction of sp³-hybridized carbons (Fsp3) is 0.348. The molecule has 1 saturated carbocycles. The van der Waals surface area contributed by atoms with Crippen LogP contribution in [0.3, 0.4) is 0 Å². The van der Waals surface area contributed by atoms with Crippen molar-refractivity contribution in [3.8, 4) is 5.88 Å². The van der Waals surface area contributed by atoms with E-state index in [-0.39, 0.29) is 17.6 Å². The molecule has 2 fully saturated rings. The molecule has 12 nitrogen and oxygen atoms in total. The molecule has 1 saturated heterocycles. The van der Waals surface area contributed by atoms with E-state index in [0.717, 1.165) is 51.4 Å². The number of imidazole rings is 1. The summed E-state index contributed by atoms with van der Waals surface area (Å²) in [5, 5.41) is 18.3. The minimum Gasteiger partial charge on any atom is -0.493 e. The molecule has 2 aliphatic rings. The lowest BCUT2D eigenvalue weighted by atomic mass is 10.2. The van der Waals surface area contributed by atoms with Gasteiger partial charge in [0.05, 0.1) is 25.5 Å². The summed E-state index contributed by atoms with van der Waals surface area (Å²) < 4.78 is 7.02. The SMILES string of the molecule is O=c1[nH]c(O)c(/C=c2\cnn3c(=NC4CC4)nc(Nc4cccc(CN5CCOCC5)c4)nc23)[nH]1. The first-order chi connectivity index (χ1) is 17.1. The Bertz CT molecular complexity index is 1540. The summed E-state index contributed by atoms with van der Waals surface area (Å²) in [7, 11) is 0. The molecule has 0 bridgehead atoms. The second-order valence-corrected chi connectivity index (χ2v) is 8.74. The van der Waals surface area contributed by atoms with Crippen molar-refractivity contribution in [2.75, 3.05) is 31.6 Å². The average Bonchev–Trinajstić information content (AvgIpc) is 3.48. The van der Waals surface area contributed by atoms with Crippen LogP contribution in [-0.2, 0) is 11.3 Å². The smallest absolute Gasteiger partial charge is 0.326 e. The number of rotatable bonds is 6. The number of aromatic hydroxyl groups is 1. The molecule has 0 amide bonds. The summed E-state index contributed by atoms with van der Waals surface area (Å²) >= 11 is 0. The van der Waals surface area contributed by atoms with Gasteiger partial charge in [-0.05, 0) is 36.6 Å². The molecule has 0 spiro atoms. The first-order valence-electron chi connectivity index (χ1n) is 11.6. The topological polar surface area (TPSA) is 149 Å². The van der Waals surface area contributed by atoms with E-state index >= 15 is 0 Å². The average molecular weight is 476 g/mol. The highest BCUT2D eigenvalue weighted by Gasteiger charge is 2.21. The van der Waals surface area contributed by atoms with Crippen LogP contribution in [-0.4, -0.2) is 71.9 Å². The number of hydrogen-bond acceptors (Lipinski definition) is 9. The maximum absolute atomic E-state index is 11.5. The Morgan fingerprint density at radius 2 is 2.09 bits per heavy atom. The van der Waals surface area contributed by atoms with Crippen LogP contribution in [0.5, 0.6) is 5.88 Å². The summed E-state index contributed by atoms with van der Waals surface area (Å²) in [6.07, 6.45) is 5.26. The third kappa shape index (κ3) is 4.79. The zero-order valence-corrected chi connectivity index (χ0v) is 18.9. The molecule has 1 aliphatic carbocycles. The van der Waals surface area contributed by atoms with Crippen LogP contribution < -0.4 is 21.8 Å². The van der Waals surface area contributed by atoms with Gasteiger partial charge in [-0.15, -0.1) is 0 Å². The van der Waals surface area contributed by atoms with Gasteiger partial charge >= 0.3 is 5.69 Å². The van der Waals surface area contributed by atoms with Gasteiger partial charge in [0, 0.05) is 30.5 Å². The monoisotopic (exact) mass is 475 g/mol. The third-order valence-electron chi connectivity index (χ3n) is 5.95. The van der Waals surface area contributed by atoms with Crippen LogP contribution in [0.2, 0.25) is 0 Å². The quantitative estimate of drug-likeness (QED) is 0.305. The predicted molar refractivity (Wildman–Crippen MR) is 127 cm³/mol. The van der Waals surface area contributed by atoms with Crippen LogP contribution in [0.1, 0.15) is 24.1 Å². The summed E-state index contributed by atoms with van der Waals surface area (Å²) in [5.41, 5.74) is 2.77. The van der Waals surface area contributed by atoms with Crippen LogP contribution in [0.25, 0.3) is 11.7 Å². The molecular weight excluding hydrogens is 450 g/mol. The molecule has 1 aromatic carbocycles. The van der Waals surface area contributed by atoms with Gasteiger partial charge in [0.2, 0.25) is 11.8 Å². The van der Waals surface area contributed by atoms with Crippen LogP contribution >= 0.6 is 0 Å². The van der Waals surface area contributed by atoms with Crippen LogP contribution in [0.15, 0.2) is 40.2 Å². The van der Waals surface area contributed by atoms with E-state index < -0.39 is 5.69 Å². The molecule has 4 aromatic rings. The highest BCUT2D eigenvalue weighted by atomic mass is 16.5. The van der Waals surface area contributed by atoms with Gasteiger partial charge in [-0.25, -0.2) is 9.79 Å². The van der Waals surface area contributed by atoms with Gasteiger partial charge in [0.15, 0.2) is 5.65 Å². The van der Waals surface area contributed by atoms with Crippen molar-refractivity contribution in [3.05, 3.63) is 63.0 Å². The Labute approximate surface area is 199 Å². The molecule has 4 N–H and O–H groups in total. The van der Waals surface area contributed by atoms with E-state index in [1.807, 2.05) is 12.1 Å². The lowest BCUT2D eigenvalue weighted by Crippen LogP contribution is -2.35. The molecule has 1 aliphatic heterocycles. The second-order valence-electron chi connectivity index (χ2n) is 8.74. The highest BCUT2D eigenvalue weighted by Crippen LogP contribution is 2.22. The van der Waals surface area contributed by atoms with Crippen LogP contribution in [0, 0.1) is 0 Å². The Hall–Kier alpha value is -4.03. The minimum absolute atomic E-state index is 0.236. The van der Waals surface area contributed by atoms with Crippen molar-refractivity contribution in [3.63, 3.8) is 0 Å². The molecule has 0 unspecified atom stereocenters. The largest absolute Gasteiger partial charge is 0.493 e. The molecule has 12 heteroatoms. The maximum Gasteiger partial charge on any atom is 0.326 e. The number of fused-ring (bicyclic) bond motifs is 1. The number of morpholine rings is 1. The Morgan fingerprint density at radius 1 is 1.23 bits per heavy atom. The van der Waals surface area contributed by atoms with Crippen molar-refractivity contribution in [2.24, 2.45) is 4.99 Å². The fourth-order valence-electron chi connectivity index (χ4n) is 4.03. The van der Waals surface area contributed by atoms with Gasteiger partial charge in [0.1, 0.15) is 5.69 Å². The molecular formula is C23H25N9O3. The number of anilines is 2. The van der Waals surface area contributed by atoms with E-state index in [9.17, 15) is 9.90 Å². The van der Waals surface area contributed by atoms with Crippen molar-refractivity contribution in [1.82, 2.24) is 34.4 Å². The lowest BCUT2D eigenvalue weighted by Gasteiger charge is -2.26. The highest BCUT2D eigenvalue weighted by molar-refractivity contribution is 5.59. The van der Waals surface area contributed by atoms with Crippen molar-refractivity contribution in [1.29, 1.82) is 0 Å². The van der Waals surface area contributed by atoms with E-state index in [1.54, 1.807) is 16.8 Å². The van der Waals surface area contributed by atoms with Crippen molar-refractivity contribution in [2.45, 2.75) is 25.4 Å². The summed E-state index contributed by atoms with van der Waals surface area (Å²) in [6, 6.07) is 8.41. The molecule has 3 aromatic heterocycles. The summed E-state index contributed by atoms with van der Waals surface area (Å²) in [4.78, 5) is 32.7. The number of benzene rings is 1. The Kier molecular flexibility index (Phi) is 5.51. The number of ether oxygens (including phenoxy) is 1. The van der Waals surface area contributed by atoms with Gasteiger partial charge in [-0.1, -0.05) is 12.1 Å². The van der Waals surface area contributed by atoms with Gasteiger partial charge in [-0.2, -0.15) is 19.6 Å². The minimum atomic E-state index is -0.497. The predicted octanol–water partition coefficient (Wildman–Crippen LogP) is 0.0329. The van der Waals surface area contributed by atoms with Gasteiger partial charge < -0.3 is 20.1 Å². The lowest BCUT2D eigenvalue weighted by molar-refractivity contribution is 0.0342. The number of hydrogen-bond donors (Lipinski definition) is 4. The normalized spacial score (nSPS) is 17.9. The maximum atomic E-state index is 11.5. The van der Waals surface area contributed by atoms with E-state index in [1.165, 1.54) is 5.56 Å². The first kappa shape index (κ1) is 21.5. The third-order valence-corrected chi connectivity index (χ3v) is 5.95. The molecule has 35 heavy (non-hydrogen) atoms. The molecule has 0 atom stereocenters. The molecule has 6 rings (SSSR count). The number of aromatic nitrogens is 6. The number of nitrogens with zero attached hydrogens (tertiary/aromatic N) is 6. The zero-order valence-electron chi connectivity index (χ0n) is 18.9. The number of H-pyrrole nitrogens is 2. The van der Waals surface area contributed by atoms with Crippen molar-refractivity contribution >= 4 is 23.4 Å². The van der Waals surface area contributed by atoms with E-state index in [0.29, 0.717) is 22.4 Å². The summed E-state index contributed by atoms with van der Waals surface area (Å²) in [5.74, 6) is 0.143. The second kappa shape index (κ2) is 8.96. The summed E-state index contributed by atoms with van der Waals surface area (Å²) in [6.45, 7) is 4.22. The Balaban J connectivity index is 1.37. The van der Waals surface area contributed by atoms with E-state index in [2.05, 4.69) is 47.4 Å². The van der Waals surface area contributed by atoms with E-state index in [4.69, 9.17) is 9.73 Å². The molecule has 4 heterocycles. The zero-order chi connectivity index (χ0) is 23.8. The number of nitrogens with one attached hydrogen (secondary N) is 3. The standard InChI is InChI=1S/C23H25N9O3/c33-20-18(27-23(34)29-20)11-15-12-24-32-19(15)28-21(30-22(32)26-16-4-5-16)25-17-3-1-2-14(10-17)13-31-6-8-35-9-7-31/h1-3,10-12,16,33H,4-9,13H2,(H,25,26,30)(H2,27,29,34)/b15-11+. The number of aromatic amines is 2. The van der Waals surface area contributed by atoms with Crippen LogP contribution in [0.4, 0.5) is 11.6 Å². The first-order valence-corrected chi connectivity index (χ1v) is 11.6. The molecule has 180 valence electrons.